The van der Waals surface area contributed by atoms with Crippen molar-refractivity contribution in [3.63, 3.8) is 0 Å². The van der Waals surface area contributed by atoms with Gasteiger partial charge in [-0.1, -0.05) is 35.5 Å². The Labute approximate surface area is 140 Å². The molecular formula is C17H21N3O4. The van der Waals surface area contributed by atoms with Crippen LogP contribution in [-0.2, 0) is 19.2 Å². The summed E-state index contributed by atoms with van der Waals surface area (Å²) in [6.07, 6.45) is 1.18. The van der Waals surface area contributed by atoms with Crippen LogP contribution in [0.3, 0.4) is 0 Å². The Morgan fingerprint density at radius 3 is 2.62 bits per heavy atom. The molecule has 1 aromatic carbocycles. The molecule has 0 bridgehead atoms. The average molecular weight is 331 g/mol. The summed E-state index contributed by atoms with van der Waals surface area (Å²) < 4.78 is 5.28. The molecule has 0 aromatic heterocycles. The van der Waals surface area contributed by atoms with Crippen LogP contribution in [0.2, 0.25) is 0 Å². The van der Waals surface area contributed by atoms with Crippen molar-refractivity contribution in [1.29, 1.82) is 0 Å². The van der Waals surface area contributed by atoms with Gasteiger partial charge in [0.25, 0.3) is 5.91 Å². The molecule has 1 aromatic rings. The van der Waals surface area contributed by atoms with Crippen molar-refractivity contribution in [3.05, 3.63) is 35.9 Å². The monoisotopic (exact) mass is 331 g/mol. The van der Waals surface area contributed by atoms with Crippen molar-refractivity contribution in [1.82, 2.24) is 5.32 Å². The lowest BCUT2D eigenvalue weighted by atomic mass is 9.79. The van der Waals surface area contributed by atoms with Crippen LogP contribution in [0.15, 0.2) is 35.5 Å². The summed E-state index contributed by atoms with van der Waals surface area (Å²) in [5, 5.41) is 6.67. The van der Waals surface area contributed by atoms with Crippen LogP contribution >= 0.6 is 0 Å². The number of nitrogens with zero attached hydrogens (tertiary/aromatic N) is 1. The van der Waals surface area contributed by atoms with E-state index in [1.54, 1.807) is 0 Å². The van der Waals surface area contributed by atoms with Crippen LogP contribution in [0.25, 0.3) is 0 Å². The average Bonchev–Trinajstić information content (AvgIpc) is 3.11. The Bertz CT molecular complexity index is 638. The first-order chi connectivity index (χ1) is 11.6. The molecule has 7 nitrogen and oxygen atoms in total. The molecule has 0 saturated carbocycles. The summed E-state index contributed by atoms with van der Waals surface area (Å²) in [6.45, 7) is 1.14. The van der Waals surface area contributed by atoms with Gasteiger partial charge in [-0.05, 0) is 18.4 Å². The number of hydrogen-bond donors (Lipinski definition) is 2. The van der Waals surface area contributed by atoms with Gasteiger partial charge in [0.1, 0.15) is 5.71 Å². The smallest absolute Gasteiger partial charge is 0.269 e. The van der Waals surface area contributed by atoms with Gasteiger partial charge in [0, 0.05) is 26.2 Å². The second kappa shape index (κ2) is 7.00. The predicted molar refractivity (Wildman–Crippen MR) is 87.0 cm³/mol. The van der Waals surface area contributed by atoms with Gasteiger partial charge < -0.3 is 20.6 Å². The molecule has 2 heterocycles. The highest BCUT2D eigenvalue weighted by Gasteiger charge is 2.39. The van der Waals surface area contributed by atoms with Crippen LogP contribution < -0.4 is 11.1 Å². The minimum Gasteiger partial charge on any atom is -0.387 e. The van der Waals surface area contributed by atoms with Crippen molar-refractivity contribution in [2.45, 2.75) is 25.4 Å². The van der Waals surface area contributed by atoms with Crippen molar-refractivity contribution < 1.29 is 19.2 Å². The topological polar surface area (TPSA) is 103 Å². The third-order valence-electron chi connectivity index (χ3n) is 4.66. The summed E-state index contributed by atoms with van der Waals surface area (Å²) >= 11 is 0. The first kappa shape index (κ1) is 16.4. The van der Waals surface area contributed by atoms with Gasteiger partial charge in [0.15, 0.2) is 6.10 Å². The van der Waals surface area contributed by atoms with Crippen molar-refractivity contribution in [2.75, 3.05) is 19.8 Å². The molecule has 2 amide bonds. The Morgan fingerprint density at radius 2 is 1.96 bits per heavy atom. The minimum absolute atomic E-state index is 0.194. The van der Waals surface area contributed by atoms with Gasteiger partial charge in [0.05, 0.1) is 5.41 Å². The Morgan fingerprint density at radius 1 is 1.25 bits per heavy atom. The zero-order chi connectivity index (χ0) is 17.0. The Balaban J connectivity index is 1.57. The molecule has 0 aliphatic carbocycles. The fraction of sp³-hybridized carbons (Fsp3) is 0.471. The summed E-state index contributed by atoms with van der Waals surface area (Å²) in [6, 6.07) is 9.62. The lowest BCUT2D eigenvalue weighted by Gasteiger charge is -2.34. The first-order valence-electron chi connectivity index (χ1n) is 8.04. The third-order valence-corrected chi connectivity index (χ3v) is 4.66. The molecule has 24 heavy (non-hydrogen) atoms. The highest BCUT2D eigenvalue weighted by atomic mass is 16.6. The number of oxime groups is 1. The fourth-order valence-corrected chi connectivity index (χ4v) is 2.98. The molecule has 128 valence electrons. The lowest BCUT2D eigenvalue weighted by Crippen LogP contribution is -2.50. The van der Waals surface area contributed by atoms with Crippen LogP contribution in [0, 0.1) is 5.41 Å². The zero-order valence-electron chi connectivity index (χ0n) is 13.4. The third kappa shape index (κ3) is 3.41. The highest BCUT2D eigenvalue weighted by Crippen LogP contribution is 2.30. The summed E-state index contributed by atoms with van der Waals surface area (Å²) in [5.74, 6) is -0.724. The summed E-state index contributed by atoms with van der Waals surface area (Å²) in [4.78, 5) is 29.5. The molecule has 0 spiro atoms. The number of primary amides is 1. The van der Waals surface area contributed by atoms with Gasteiger partial charge in [-0.15, -0.1) is 0 Å². The van der Waals surface area contributed by atoms with Gasteiger partial charge in [-0.25, -0.2) is 0 Å². The number of rotatable bonds is 5. The standard InChI is InChI=1S/C17H21N3O4/c18-16(22)17(6-8-23-9-7-17)11-19-15(21)13-10-14(24-20-13)12-4-2-1-3-5-12/h1-5,14H,6-11H2,(H2,18,22)(H,19,21)/t14-/m0/s1. The van der Waals surface area contributed by atoms with E-state index >= 15 is 0 Å². The molecule has 0 unspecified atom stereocenters. The Kier molecular flexibility index (Phi) is 4.80. The van der Waals surface area contributed by atoms with E-state index in [1.807, 2.05) is 30.3 Å². The molecule has 1 fully saturated rings. The number of carbonyl (C=O) groups is 2. The van der Waals surface area contributed by atoms with E-state index in [4.69, 9.17) is 15.3 Å². The number of benzene rings is 1. The van der Waals surface area contributed by atoms with Crippen molar-refractivity contribution >= 4 is 17.5 Å². The fourth-order valence-electron chi connectivity index (χ4n) is 2.98. The van der Waals surface area contributed by atoms with Crippen molar-refractivity contribution in [3.8, 4) is 0 Å². The summed E-state index contributed by atoms with van der Waals surface area (Å²) in [7, 11) is 0. The summed E-state index contributed by atoms with van der Waals surface area (Å²) in [5.41, 5.74) is 6.10. The second-order valence-electron chi connectivity index (χ2n) is 6.19. The maximum atomic E-state index is 12.3. The van der Waals surface area contributed by atoms with Crippen LogP contribution in [-0.4, -0.2) is 37.3 Å². The molecule has 1 saturated heterocycles. The molecule has 2 aliphatic heterocycles. The van der Waals surface area contributed by atoms with Crippen LogP contribution in [0.5, 0.6) is 0 Å². The molecule has 3 rings (SSSR count). The van der Waals surface area contributed by atoms with E-state index in [1.165, 1.54) is 0 Å². The van der Waals surface area contributed by atoms with Gasteiger partial charge in [-0.2, -0.15) is 0 Å². The van der Waals surface area contributed by atoms with Gasteiger partial charge in [-0.3, -0.25) is 9.59 Å². The first-order valence-corrected chi connectivity index (χ1v) is 8.04. The minimum atomic E-state index is -0.743. The number of nitrogens with two attached hydrogens (primary N) is 1. The SMILES string of the molecule is NC(=O)C1(CNC(=O)C2=NO[C@H](c3ccccc3)C2)CCOCC1. The number of hydrogen-bond acceptors (Lipinski definition) is 5. The van der Waals surface area contributed by atoms with Crippen LogP contribution in [0.1, 0.15) is 30.9 Å². The quantitative estimate of drug-likeness (QED) is 0.836. The van der Waals surface area contributed by atoms with E-state index in [2.05, 4.69) is 10.5 Å². The van der Waals surface area contributed by atoms with E-state index in [0.717, 1.165) is 5.56 Å². The highest BCUT2D eigenvalue weighted by molar-refractivity contribution is 6.39. The maximum absolute atomic E-state index is 12.3. The van der Waals surface area contributed by atoms with Crippen molar-refractivity contribution in [2.24, 2.45) is 16.3 Å². The number of carbonyl (C=O) groups excluding carboxylic acids is 2. The number of nitrogens with one attached hydrogen (secondary N) is 1. The molecule has 0 radical (unpaired) electrons. The Hall–Kier alpha value is -2.41. The normalized spacial score (nSPS) is 22.3. The molecule has 7 heteroatoms. The van der Waals surface area contributed by atoms with Crippen LogP contribution in [0.4, 0.5) is 0 Å². The maximum Gasteiger partial charge on any atom is 0.269 e. The predicted octanol–water partition coefficient (Wildman–Crippen LogP) is 0.902. The number of ether oxygens (including phenoxy) is 1. The van der Waals surface area contributed by atoms with E-state index in [-0.39, 0.29) is 18.6 Å². The number of amides is 2. The molecule has 2 aliphatic rings. The molecule has 3 N–H and O–H groups in total. The lowest BCUT2D eigenvalue weighted by molar-refractivity contribution is -0.133. The van der Waals surface area contributed by atoms with E-state index < -0.39 is 11.3 Å². The largest absolute Gasteiger partial charge is 0.387 e. The van der Waals surface area contributed by atoms with E-state index in [0.29, 0.717) is 38.2 Å². The van der Waals surface area contributed by atoms with Gasteiger partial charge >= 0.3 is 0 Å². The molecular weight excluding hydrogens is 310 g/mol. The second-order valence-corrected chi connectivity index (χ2v) is 6.19. The zero-order valence-corrected chi connectivity index (χ0v) is 13.4. The van der Waals surface area contributed by atoms with E-state index in [9.17, 15) is 9.59 Å². The molecule has 1 atom stereocenters. The van der Waals surface area contributed by atoms with Gasteiger partial charge in [0.2, 0.25) is 5.91 Å².